The van der Waals surface area contributed by atoms with Crippen molar-refractivity contribution in [3.05, 3.63) is 249 Å². The van der Waals surface area contributed by atoms with E-state index in [0.717, 1.165) is 50.5 Å². The topological polar surface area (TPSA) is 30.7 Å². The third-order valence-electron chi connectivity index (χ3n) is 13.4. The zero-order chi connectivity index (χ0) is 44.3. The number of rotatable bonds is 7. The van der Waals surface area contributed by atoms with E-state index >= 15 is 0 Å². The summed E-state index contributed by atoms with van der Waals surface area (Å²) in [7, 11) is 0. The Morgan fingerprint density at radius 2 is 0.791 bits per heavy atom. The fourth-order valence-electron chi connectivity index (χ4n) is 10.1. The highest BCUT2D eigenvalue weighted by molar-refractivity contribution is 6.20. The second-order valence-electron chi connectivity index (χ2n) is 17.3. The molecule has 13 aromatic rings. The third kappa shape index (κ3) is 6.76. The Morgan fingerprint density at radius 3 is 1.60 bits per heavy atom. The number of fused-ring (bicyclic) bond motifs is 7. The fourth-order valence-corrected chi connectivity index (χ4v) is 10.1. The monoisotopic (exact) mass is 851 g/mol. The van der Waals surface area contributed by atoms with Crippen LogP contribution >= 0.6 is 0 Å². The van der Waals surface area contributed by atoms with Crippen LogP contribution in [0.4, 0.5) is 0 Å². The van der Waals surface area contributed by atoms with Crippen LogP contribution < -0.4 is 0 Å². The van der Waals surface area contributed by atoms with Crippen molar-refractivity contribution in [3.8, 4) is 73.0 Å². The van der Waals surface area contributed by atoms with Crippen LogP contribution in [0.3, 0.4) is 0 Å². The number of para-hydroxylation sites is 2. The average molecular weight is 852 g/mol. The number of hydrogen-bond acceptors (Lipinski definition) is 2. The molecule has 0 fully saturated rings. The molecular weight excluding hydrogens is 811 g/mol. The second-order valence-corrected chi connectivity index (χ2v) is 17.3. The van der Waals surface area contributed by atoms with Gasteiger partial charge in [0.05, 0.1) is 22.4 Å². The Kier molecular flexibility index (Phi) is 9.17. The Morgan fingerprint density at radius 1 is 0.254 bits per heavy atom. The minimum absolute atomic E-state index is 0.683. The highest BCUT2D eigenvalue weighted by Gasteiger charge is 2.17. The van der Waals surface area contributed by atoms with Crippen molar-refractivity contribution in [1.29, 1.82) is 0 Å². The van der Waals surface area contributed by atoms with E-state index in [0.29, 0.717) is 5.82 Å². The summed E-state index contributed by atoms with van der Waals surface area (Å²) < 4.78 is 2.38. The Hall–Kier alpha value is -8.92. The Labute approximate surface area is 388 Å². The molecule has 0 aliphatic rings. The van der Waals surface area contributed by atoms with E-state index < -0.39 is 0 Å². The Bertz CT molecular complexity index is 4000. The quantitative estimate of drug-likeness (QED) is 0.118. The first-order valence-corrected chi connectivity index (χ1v) is 22.9. The minimum atomic E-state index is 0.683. The van der Waals surface area contributed by atoms with Crippen molar-refractivity contribution in [2.24, 2.45) is 0 Å². The molecule has 0 amide bonds. The van der Waals surface area contributed by atoms with Gasteiger partial charge in [-0.1, -0.05) is 206 Å². The van der Waals surface area contributed by atoms with Crippen LogP contribution in [0.5, 0.6) is 0 Å². The van der Waals surface area contributed by atoms with E-state index in [4.69, 9.17) is 9.97 Å². The van der Waals surface area contributed by atoms with Crippen LogP contribution in [0.25, 0.3) is 127 Å². The molecule has 11 aromatic carbocycles. The van der Waals surface area contributed by atoms with Crippen molar-refractivity contribution < 1.29 is 0 Å². The molecule has 0 N–H and O–H groups in total. The summed E-state index contributed by atoms with van der Waals surface area (Å²) >= 11 is 0. The standard InChI is InChI=1S/C64H41N3/c1-3-14-42(15-4-1)43-26-32-47(33-27-43)64-65-59(45-28-30-46(31-29-45)63-54-23-10-8-17-50(54)39-58-53-22-9-7-16-44(53)34-37-57(58)63)41-60(66-64)51-19-13-18-48(38-51)49-35-36-56-55-24-11-12-25-61(55)67(62(56)40-49)52-20-5-2-6-21-52/h1-41H. The lowest BCUT2D eigenvalue weighted by Gasteiger charge is -2.15. The maximum Gasteiger partial charge on any atom is 0.160 e. The predicted molar refractivity (Wildman–Crippen MR) is 282 cm³/mol. The number of aromatic nitrogens is 3. The van der Waals surface area contributed by atoms with Crippen LogP contribution in [-0.4, -0.2) is 14.5 Å². The van der Waals surface area contributed by atoms with Gasteiger partial charge in [0.15, 0.2) is 5.82 Å². The van der Waals surface area contributed by atoms with Crippen LogP contribution in [0.15, 0.2) is 249 Å². The summed E-state index contributed by atoms with van der Waals surface area (Å²) in [6, 6.07) is 89.4. The van der Waals surface area contributed by atoms with E-state index in [1.165, 1.54) is 70.8 Å². The van der Waals surface area contributed by atoms with Crippen LogP contribution in [0.2, 0.25) is 0 Å². The first-order chi connectivity index (χ1) is 33.2. The first kappa shape index (κ1) is 38.5. The van der Waals surface area contributed by atoms with Gasteiger partial charge in [0, 0.05) is 33.2 Å². The van der Waals surface area contributed by atoms with E-state index in [1.54, 1.807) is 0 Å². The van der Waals surface area contributed by atoms with Gasteiger partial charge in [-0.3, -0.25) is 0 Å². The highest BCUT2D eigenvalue weighted by atomic mass is 15.0. The van der Waals surface area contributed by atoms with Crippen molar-refractivity contribution in [2.45, 2.75) is 0 Å². The lowest BCUT2D eigenvalue weighted by atomic mass is 9.89. The zero-order valence-corrected chi connectivity index (χ0v) is 36.5. The van der Waals surface area contributed by atoms with Gasteiger partial charge in [0.1, 0.15) is 0 Å². The van der Waals surface area contributed by atoms with Crippen molar-refractivity contribution in [2.75, 3.05) is 0 Å². The van der Waals surface area contributed by atoms with Gasteiger partial charge in [0.25, 0.3) is 0 Å². The molecular formula is C64H41N3. The molecule has 13 rings (SSSR count). The molecule has 2 heterocycles. The highest BCUT2D eigenvalue weighted by Crippen LogP contribution is 2.41. The minimum Gasteiger partial charge on any atom is -0.309 e. The summed E-state index contributed by atoms with van der Waals surface area (Å²) in [5.41, 5.74) is 15.3. The van der Waals surface area contributed by atoms with Gasteiger partial charge < -0.3 is 4.57 Å². The summed E-state index contributed by atoms with van der Waals surface area (Å²) in [6.45, 7) is 0. The van der Waals surface area contributed by atoms with Gasteiger partial charge in [-0.2, -0.15) is 0 Å². The van der Waals surface area contributed by atoms with Gasteiger partial charge in [0.2, 0.25) is 0 Å². The number of nitrogens with zero attached hydrogens (tertiary/aromatic N) is 3. The van der Waals surface area contributed by atoms with E-state index in [-0.39, 0.29) is 0 Å². The van der Waals surface area contributed by atoms with Crippen molar-refractivity contribution in [1.82, 2.24) is 14.5 Å². The van der Waals surface area contributed by atoms with Crippen molar-refractivity contribution >= 4 is 54.1 Å². The molecule has 2 aromatic heterocycles. The molecule has 67 heavy (non-hydrogen) atoms. The Balaban J connectivity index is 0.938. The lowest BCUT2D eigenvalue weighted by Crippen LogP contribution is -1.96. The largest absolute Gasteiger partial charge is 0.309 e. The predicted octanol–water partition coefficient (Wildman–Crippen LogP) is 17.0. The summed E-state index contributed by atoms with van der Waals surface area (Å²) in [5.74, 6) is 0.683. The molecule has 0 aliphatic carbocycles. The molecule has 312 valence electrons. The molecule has 0 spiro atoms. The summed E-state index contributed by atoms with van der Waals surface area (Å²) in [6.07, 6.45) is 0. The molecule has 0 saturated heterocycles. The molecule has 3 heteroatoms. The maximum absolute atomic E-state index is 5.31. The van der Waals surface area contributed by atoms with Gasteiger partial charge in [-0.15, -0.1) is 0 Å². The fraction of sp³-hybridized carbons (Fsp3) is 0. The SMILES string of the molecule is c1ccc(-c2ccc(-c3nc(-c4ccc(-c5c6ccccc6cc6c5ccc5ccccc56)cc4)cc(-c4cccc(-c5ccc6c7ccccc7n(-c7ccccc7)c6c5)c4)n3)cc2)cc1. The van der Waals surface area contributed by atoms with E-state index in [9.17, 15) is 0 Å². The van der Waals surface area contributed by atoms with E-state index in [1.807, 2.05) is 0 Å². The number of benzene rings is 11. The zero-order valence-electron chi connectivity index (χ0n) is 36.5. The molecule has 0 atom stereocenters. The molecule has 0 unspecified atom stereocenters. The van der Waals surface area contributed by atoms with Crippen LogP contribution in [-0.2, 0) is 0 Å². The maximum atomic E-state index is 5.31. The summed E-state index contributed by atoms with van der Waals surface area (Å²) in [5, 5.41) is 9.97. The summed E-state index contributed by atoms with van der Waals surface area (Å²) in [4.78, 5) is 10.6. The molecule has 0 bridgehead atoms. The molecule has 3 nitrogen and oxygen atoms in total. The normalized spacial score (nSPS) is 11.6. The van der Waals surface area contributed by atoms with Gasteiger partial charge in [-0.25, -0.2) is 9.97 Å². The van der Waals surface area contributed by atoms with Crippen molar-refractivity contribution in [3.63, 3.8) is 0 Å². The third-order valence-corrected chi connectivity index (χ3v) is 13.4. The van der Waals surface area contributed by atoms with Crippen LogP contribution in [0.1, 0.15) is 0 Å². The smallest absolute Gasteiger partial charge is 0.160 e. The molecule has 0 aliphatic heterocycles. The van der Waals surface area contributed by atoms with Gasteiger partial charge in [-0.05, 0) is 108 Å². The average Bonchev–Trinajstić information content (AvgIpc) is 3.74. The lowest BCUT2D eigenvalue weighted by molar-refractivity contribution is 1.18. The van der Waals surface area contributed by atoms with E-state index in [2.05, 4.69) is 253 Å². The molecule has 0 saturated carbocycles. The van der Waals surface area contributed by atoms with Gasteiger partial charge >= 0.3 is 0 Å². The second kappa shape index (κ2) is 16.0. The first-order valence-electron chi connectivity index (χ1n) is 22.9. The van der Waals surface area contributed by atoms with Crippen LogP contribution in [0, 0.1) is 0 Å². The molecule has 0 radical (unpaired) electrons. The number of hydrogen-bond donors (Lipinski definition) is 0.